The molecule has 0 spiro atoms. The van der Waals surface area contributed by atoms with Gasteiger partial charge < -0.3 is 14.2 Å². The van der Waals surface area contributed by atoms with E-state index in [0.717, 1.165) is 70.6 Å². The van der Waals surface area contributed by atoms with Crippen LogP contribution in [-0.4, -0.2) is 37.2 Å². The zero-order chi connectivity index (χ0) is 50.7. The van der Waals surface area contributed by atoms with Crippen LogP contribution in [0, 0.1) is 0 Å². The fourth-order valence-electron chi connectivity index (χ4n) is 9.18. The maximum absolute atomic E-state index is 12.9. The summed E-state index contributed by atoms with van der Waals surface area (Å²) < 4.78 is 16.9. The zero-order valence-electron chi connectivity index (χ0n) is 47.1. The van der Waals surface area contributed by atoms with Crippen LogP contribution in [0.15, 0.2) is 36.5 Å². The summed E-state index contributed by atoms with van der Waals surface area (Å²) in [7, 11) is 0. The maximum atomic E-state index is 12.9. The van der Waals surface area contributed by atoms with Gasteiger partial charge in [-0.05, 0) is 77.0 Å². The molecule has 70 heavy (non-hydrogen) atoms. The van der Waals surface area contributed by atoms with Gasteiger partial charge in [-0.25, -0.2) is 0 Å². The molecule has 0 bridgehead atoms. The van der Waals surface area contributed by atoms with E-state index in [-0.39, 0.29) is 31.1 Å². The van der Waals surface area contributed by atoms with E-state index < -0.39 is 6.10 Å². The molecule has 0 amide bonds. The summed E-state index contributed by atoms with van der Waals surface area (Å²) in [5.74, 6) is -0.863. The highest BCUT2D eigenvalue weighted by molar-refractivity contribution is 5.71. The minimum Gasteiger partial charge on any atom is -0.462 e. The third-order valence-electron chi connectivity index (χ3n) is 13.9. The molecule has 0 fully saturated rings. The van der Waals surface area contributed by atoms with Gasteiger partial charge in [0.1, 0.15) is 13.2 Å². The molecule has 0 aromatic carbocycles. The normalized spacial score (nSPS) is 12.2. The lowest BCUT2D eigenvalue weighted by Gasteiger charge is -2.18. The Morgan fingerprint density at radius 3 is 0.829 bits per heavy atom. The minimum atomic E-state index is -0.776. The molecule has 0 N–H and O–H groups in total. The van der Waals surface area contributed by atoms with Gasteiger partial charge in [0.05, 0.1) is 0 Å². The van der Waals surface area contributed by atoms with Crippen LogP contribution in [-0.2, 0) is 28.6 Å². The Balaban J connectivity index is 4.35. The van der Waals surface area contributed by atoms with Crippen molar-refractivity contribution in [3.63, 3.8) is 0 Å². The van der Waals surface area contributed by atoms with Crippen LogP contribution < -0.4 is 0 Å². The topological polar surface area (TPSA) is 78.9 Å². The van der Waals surface area contributed by atoms with Gasteiger partial charge in [0.25, 0.3) is 0 Å². The third kappa shape index (κ3) is 56.5. The van der Waals surface area contributed by atoms with E-state index in [1.165, 1.54) is 225 Å². The fraction of sp³-hybridized carbons (Fsp3) is 0.859. The zero-order valence-corrected chi connectivity index (χ0v) is 47.1. The van der Waals surface area contributed by atoms with E-state index in [4.69, 9.17) is 14.2 Å². The summed E-state index contributed by atoms with van der Waals surface area (Å²) in [5, 5.41) is 0. The van der Waals surface area contributed by atoms with Crippen LogP contribution >= 0.6 is 0 Å². The molecule has 6 nitrogen and oxygen atoms in total. The van der Waals surface area contributed by atoms with Crippen molar-refractivity contribution < 1.29 is 28.6 Å². The molecule has 0 radical (unpaired) electrons. The van der Waals surface area contributed by atoms with Crippen molar-refractivity contribution in [3.05, 3.63) is 36.5 Å². The number of allylic oxidation sites excluding steroid dienone is 6. The van der Waals surface area contributed by atoms with Crippen molar-refractivity contribution in [2.24, 2.45) is 0 Å². The summed E-state index contributed by atoms with van der Waals surface area (Å²) in [6, 6.07) is 0. The maximum Gasteiger partial charge on any atom is 0.306 e. The SMILES string of the molecule is CCCCC/C=C/C/C=C/CCCCCCCCCC(=O)O[C@H](COC(=O)CCCCCCCCC/C=C/CCCCCCCC)COC(=O)CCCCCCCCCCCCCCCCCCCC. The van der Waals surface area contributed by atoms with E-state index in [1.54, 1.807) is 0 Å². The van der Waals surface area contributed by atoms with Crippen molar-refractivity contribution in [1.82, 2.24) is 0 Å². The van der Waals surface area contributed by atoms with Gasteiger partial charge in [-0.15, -0.1) is 0 Å². The first-order valence-electron chi connectivity index (χ1n) is 31.0. The molecule has 0 saturated carbocycles. The van der Waals surface area contributed by atoms with Crippen molar-refractivity contribution in [2.75, 3.05) is 13.2 Å². The van der Waals surface area contributed by atoms with Crippen molar-refractivity contribution >= 4 is 17.9 Å². The second kappa shape index (κ2) is 59.2. The van der Waals surface area contributed by atoms with Crippen LogP contribution in [0.2, 0.25) is 0 Å². The van der Waals surface area contributed by atoms with Crippen molar-refractivity contribution in [3.8, 4) is 0 Å². The van der Waals surface area contributed by atoms with Gasteiger partial charge in [0.15, 0.2) is 6.10 Å². The average molecular weight is 984 g/mol. The van der Waals surface area contributed by atoms with E-state index >= 15 is 0 Å². The number of rotatable bonds is 57. The predicted octanol–water partition coefficient (Wildman–Crippen LogP) is 20.8. The standard InChI is InChI=1S/C64H118O6/c1-4-7-10-13-16-19-22-25-28-31-34-36-39-42-45-48-51-54-57-63(66)69-60-61(70-64(67)58-55-52-49-46-43-40-37-33-30-27-24-21-18-15-12-9-6-3)59-68-62(65)56-53-50-47-44-41-38-35-32-29-26-23-20-17-14-11-8-5-2/h18,21,26-27,29-30,61H,4-17,19-20,22-25,28,31-60H2,1-3H3/b21-18+,29-26+,30-27+/t61-/m1/s1. The molecule has 0 aliphatic heterocycles. The molecule has 0 rings (SSSR count). The highest BCUT2D eigenvalue weighted by atomic mass is 16.6. The molecule has 0 saturated heterocycles. The molecule has 0 heterocycles. The first-order valence-corrected chi connectivity index (χ1v) is 31.0. The summed E-state index contributed by atoms with van der Waals surface area (Å²) in [6.45, 7) is 6.66. The number of esters is 3. The first kappa shape index (κ1) is 67.6. The molecule has 6 heteroatoms. The molecule has 0 aromatic rings. The summed E-state index contributed by atoms with van der Waals surface area (Å²) in [6.07, 6.45) is 71.4. The summed E-state index contributed by atoms with van der Waals surface area (Å²) in [5.41, 5.74) is 0. The van der Waals surface area contributed by atoms with Gasteiger partial charge in [0, 0.05) is 19.3 Å². The lowest BCUT2D eigenvalue weighted by atomic mass is 10.0. The Bertz CT molecular complexity index is 1170. The van der Waals surface area contributed by atoms with Gasteiger partial charge in [0.2, 0.25) is 0 Å². The summed E-state index contributed by atoms with van der Waals surface area (Å²) >= 11 is 0. The molecule has 0 aromatic heterocycles. The van der Waals surface area contributed by atoms with Crippen LogP contribution in [0.5, 0.6) is 0 Å². The number of ether oxygens (including phenoxy) is 3. The second-order valence-electron chi connectivity index (χ2n) is 21.0. The van der Waals surface area contributed by atoms with E-state index in [9.17, 15) is 14.4 Å². The highest BCUT2D eigenvalue weighted by Crippen LogP contribution is 2.17. The van der Waals surface area contributed by atoms with Crippen LogP contribution in [0.25, 0.3) is 0 Å². The second-order valence-corrected chi connectivity index (χ2v) is 21.0. The molecular weight excluding hydrogens is 865 g/mol. The number of hydrogen-bond acceptors (Lipinski definition) is 6. The first-order chi connectivity index (χ1) is 34.5. The Labute approximate surface area is 435 Å². The number of carbonyl (C=O) groups excluding carboxylic acids is 3. The van der Waals surface area contributed by atoms with Crippen LogP contribution in [0.4, 0.5) is 0 Å². The Hall–Kier alpha value is -2.37. The molecular formula is C64H118O6. The van der Waals surface area contributed by atoms with Crippen LogP contribution in [0.1, 0.15) is 335 Å². The fourth-order valence-corrected chi connectivity index (χ4v) is 9.18. The lowest BCUT2D eigenvalue weighted by Crippen LogP contribution is -2.30. The molecule has 410 valence electrons. The monoisotopic (exact) mass is 983 g/mol. The Morgan fingerprint density at radius 1 is 0.286 bits per heavy atom. The molecule has 1 atom stereocenters. The molecule has 0 aliphatic rings. The van der Waals surface area contributed by atoms with E-state index in [1.807, 2.05) is 0 Å². The Morgan fingerprint density at radius 2 is 0.514 bits per heavy atom. The number of unbranched alkanes of at least 4 members (excludes halogenated alkanes) is 40. The third-order valence-corrected chi connectivity index (χ3v) is 13.9. The van der Waals surface area contributed by atoms with Gasteiger partial charge in [-0.2, -0.15) is 0 Å². The largest absolute Gasteiger partial charge is 0.462 e. The van der Waals surface area contributed by atoms with Crippen molar-refractivity contribution in [1.29, 1.82) is 0 Å². The number of hydrogen-bond donors (Lipinski definition) is 0. The van der Waals surface area contributed by atoms with Gasteiger partial charge >= 0.3 is 17.9 Å². The van der Waals surface area contributed by atoms with Gasteiger partial charge in [-0.1, -0.05) is 276 Å². The minimum absolute atomic E-state index is 0.0727. The highest BCUT2D eigenvalue weighted by Gasteiger charge is 2.19. The van der Waals surface area contributed by atoms with Gasteiger partial charge in [-0.3, -0.25) is 14.4 Å². The van der Waals surface area contributed by atoms with Crippen molar-refractivity contribution in [2.45, 2.75) is 341 Å². The number of carbonyl (C=O) groups is 3. The molecule has 0 unspecified atom stereocenters. The van der Waals surface area contributed by atoms with E-state index in [0.29, 0.717) is 19.3 Å². The summed E-state index contributed by atoms with van der Waals surface area (Å²) in [4.78, 5) is 38.3. The van der Waals surface area contributed by atoms with E-state index in [2.05, 4.69) is 57.2 Å². The lowest BCUT2D eigenvalue weighted by molar-refractivity contribution is -0.167. The quantitative estimate of drug-likeness (QED) is 0.0261. The average Bonchev–Trinajstić information content (AvgIpc) is 3.36. The smallest absolute Gasteiger partial charge is 0.306 e. The van der Waals surface area contributed by atoms with Crippen LogP contribution in [0.3, 0.4) is 0 Å². The molecule has 0 aliphatic carbocycles. The predicted molar refractivity (Wildman–Crippen MR) is 302 cm³/mol. The Kier molecular flexibility index (Phi) is 57.2.